The van der Waals surface area contributed by atoms with Crippen molar-refractivity contribution in [3.8, 4) is 0 Å². The van der Waals surface area contributed by atoms with Crippen LogP contribution in [0.15, 0.2) is 23.2 Å². The molecule has 0 saturated carbocycles. The largest absolute Gasteiger partial charge is 0.322 e. The number of carbonyl (C=O) groups excluding carboxylic acids is 1. The fourth-order valence-corrected chi connectivity index (χ4v) is 1.00. The van der Waals surface area contributed by atoms with Crippen molar-refractivity contribution < 1.29 is 4.79 Å². The van der Waals surface area contributed by atoms with Crippen molar-refractivity contribution in [3.63, 3.8) is 0 Å². The average Bonchev–Trinajstić information content (AvgIpc) is 2.16. The molecule has 0 radical (unpaired) electrons. The Hall–Kier alpha value is -1.68. The molecule has 0 unspecified atom stereocenters. The number of hydrogen-bond acceptors (Lipinski definition) is 4. The summed E-state index contributed by atoms with van der Waals surface area (Å²) in [5.41, 5.74) is 4.30. The van der Waals surface area contributed by atoms with Crippen molar-refractivity contribution in [2.75, 3.05) is 5.43 Å². The van der Waals surface area contributed by atoms with Crippen LogP contribution in [0.25, 0.3) is 0 Å². The van der Waals surface area contributed by atoms with E-state index in [2.05, 4.69) is 17.1 Å². The quantitative estimate of drug-likeness (QED) is 0.318. The second kappa shape index (κ2) is 3.82. The van der Waals surface area contributed by atoms with Crippen LogP contribution in [-0.2, 0) is 0 Å². The van der Waals surface area contributed by atoms with E-state index in [0.717, 1.165) is 0 Å². The zero-order valence-corrected chi connectivity index (χ0v) is 7.37. The highest BCUT2D eigenvalue weighted by Gasteiger charge is 2.03. The van der Waals surface area contributed by atoms with Gasteiger partial charge in [-0.15, -0.1) is 0 Å². The van der Waals surface area contributed by atoms with E-state index in [1.165, 1.54) is 6.92 Å². The van der Waals surface area contributed by atoms with Crippen molar-refractivity contribution >= 4 is 23.9 Å². The molecule has 0 aliphatic heterocycles. The Morgan fingerprint density at radius 3 is 2.77 bits per heavy atom. The summed E-state index contributed by atoms with van der Waals surface area (Å²) in [4.78, 5) is 14.7. The fourth-order valence-electron chi connectivity index (χ4n) is 1.00. The lowest BCUT2D eigenvalue weighted by Crippen LogP contribution is -2.07. The number of benzene rings is 1. The molecule has 0 spiro atoms. The third kappa shape index (κ3) is 1.91. The van der Waals surface area contributed by atoms with Crippen LogP contribution in [0.4, 0.5) is 11.4 Å². The molecular formula is C9H11N3O. The molecule has 4 heteroatoms. The number of Topliss-reactive ketones (excluding diaryl/α,β-unsaturated/α-hetero) is 1. The SMILES string of the molecule is C=Nc1cc(C(C)=O)ccc1NN. The second-order valence-corrected chi connectivity index (χ2v) is 2.59. The normalized spacial score (nSPS) is 9.38. The third-order valence-corrected chi connectivity index (χ3v) is 1.73. The molecule has 1 aromatic carbocycles. The van der Waals surface area contributed by atoms with Gasteiger partial charge in [-0.05, 0) is 31.8 Å². The first-order valence-corrected chi connectivity index (χ1v) is 3.77. The van der Waals surface area contributed by atoms with Crippen LogP contribution in [0.2, 0.25) is 0 Å². The number of rotatable bonds is 3. The Labute approximate surface area is 76.4 Å². The third-order valence-electron chi connectivity index (χ3n) is 1.73. The molecule has 13 heavy (non-hydrogen) atoms. The first-order chi connectivity index (χ1) is 6.19. The zero-order valence-electron chi connectivity index (χ0n) is 7.37. The molecule has 0 amide bonds. The van der Waals surface area contributed by atoms with Gasteiger partial charge in [-0.3, -0.25) is 15.6 Å². The molecule has 1 aromatic rings. The summed E-state index contributed by atoms with van der Waals surface area (Å²) in [5, 5.41) is 0. The Morgan fingerprint density at radius 2 is 2.31 bits per heavy atom. The summed E-state index contributed by atoms with van der Waals surface area (Å²) in [6, 6.07) is 5.03. The van der Waals surface area contributed by atoms with Crippen molar-refractivity contribution in [2.24, 2.45) is 10.8 Å². The van der Waals surface area contributed by atoms with Crippen LogP contribution in [0.1, 0.15) is 17.3 Å². The fraction of sp³-hybridized carbons (Fsp3) is 0.111. The monoisotopic (exact) mass is 177 g/mol. The van der Waals surface area contributed by atoms with E-state index in [4.69, 9.17) is 5.84 Å². The standard InChI is InChI=1S/C9H11N3O/c1-6(13)7-3-4-8(12-10)9(5-7)11-2/h3-5,12H,2,10H2,1H3. The summed E-state index contributed by atoms with van der Waals surface area (Å²) >= 11 is 0. The van der Waals surface area contributed by atoms with Crippen molar-refractivity contribution in [1.82, 2.24) is 0 Å². The van der Waals surface area contributed by atoms with E-state index in [0.29, 0.717) is 16.9 Å². The zero-order chi connectivity index (χ0) is 9.84. The lowest BCUT2D eigenvalue weighted by atomic mass is 10.1. The van der Waals surface area contributed by atoms with Gasteiger partial charge in [0.1, 0.15) is 0 Å². The van der Waals surface area contributed by atoms with Crippen molar-refractivity contribution in [2.45, 2.75) is 6.92 Å². The smallest absolute Gasteiger partial charge is 0.159 e. The molecule has 0 aromatic heterocycles. The molecule has 0 heterocycles. The van der Waals surface area contributed by atoms with Gasteiger partial charge in [0.05, 0.1) is 11.4 Å². The highest BCUT2D eigenvalue weighted by atomic mass is 16.1. The summed E-state index contributed by atoms with van der Waals surface area (Å²) < 4.78 is 0. The number of nitrogen functional groups attached to an aromatic ring is 1. The molecule has 3 N–H and O–H groups in total. The van der Waals surface area contributed by atoms with Crippen LogP contribution in [0, 0.1) is 0 Å². The summed E-state index contributed by atoms with van der Waals surface area (Å²) in [7, 11) is 0. The summed E-state index contributed by atoms with van der Waals surface area (Å²) in [6.45, 7) is 4.88. The van der Waals surface area contributed by atoms with Crippen LogP contribution in [0.3, 0.4) is 0 Å². The van der Waals surface area contributed by atoms with Crippen LogP contribution >= 0.6 is 0 Å². The lowest BCUT2D eigenvalue weighted by Gasteiger charge is -2.04. The number of nitrogens with one attached hydrogen (secondary N) is 1. The number of ketones is 1. The Kier molecular flexibility index (Phi) is 2.76. The Bertz CT molecular complexity index is 347. The molecule has 0 saturated heterocycles. The van der Waals surface area contributed by atoms with Crippen LogP contribution in [-0.4, -0.2) is 12.5 Å². The van der Waals surface area contributed by atoms with E-state index in [1.807, 2.05) is 0 Å². The Balaban J connectivity index is 3.20. The summed E-state index contributed by atoms with van der Waals surface area (Å²) in [6.07, 6.45) is 0. The van der Waals surface area contributed by atoms with E-state index in [-0.39, 0.29) is 5.78 Å². The molecule has 4 nitrogen and oxygen atoms in total. The minimum atomic E-state index is -0.00604. The molecule has 68 valence electrons. The molecule has 0 fully saturated rings. The maximum atomic E-state index is 11.0. The van der Waals surface area contributed by atoms with Gasteiger partial charge >= 0.3 is 0 Å². The summed E-state index contributed by atoms with van der Waals surface area (Å²) in [5.74, 6) is 5.22. The minimum Gasteiger partial charge on any atom is -0.322 e. The maximum Gasteiger partial charge on any atom is 0.159 e. The number of anilines is 1. The molecular weight excluding hydrogens is 166 g/mol. The highest BCUT2D eigenvalue weighted by Crippen LogP contribution is 2.24. The van der Waals surface area contributed by atoms with Gasteiger partial charge in [0.15, 0.2) is 5.78 Å². The average molecular weight is 177 g/mol. The number of nitrogens with two attached hydrogens (primary N) is 1. The predicted octanol–water partition coefficient (Wildman–Crippen LogP) is 1.51. The van der Waals surface area contributed by atoms with Gasteiger partial charge < -0.3 is 5.43 Å². The topological polar surface area (TPSA) is 67.5 Å². The molecule has 1 rings (SSSR count). The van der Waals surface area contributed by atoms with Crippen molar-refractivity contribution in [3.05, 3.63) is 23.8 Å². The minimum absolute atomic E-state index is 0.00604. The number of nitrogens with zero attached hydrogens (tertiary/aromatic N) is 1. The Morgan fingerprint density at radius 1 is 1.62 bits per heavy atom. The number of carbonyl (C=O) groups is 1. The van der Waals surface area contributed by atoms with Gasteiger partial charge in [0.2, 0.25) is 0 Å². The van der Waals surface area contributed by atoms with E-state index >= 15 is 0 Å². The molecule has 0 bridgehead atoms. The van der Waals surface area contributed by atoms with E-state index in [9.17, 15) is 4.79 Å². The van der Waals surface area contributed by atoms with E-state index in [1.54, 1.807) is 18.2 Å². The second-order valence-electron chi connectivity index (χ2n) is 2.59. The number of hydrogen-bond donors (Lipinski definition) is 2. The highest BCUT2D eigenvalue weighted by molar-refractivity contribution is 5.96. The van der Waals surface area contributed by atoms with Gasteiger partial charge in [-0.25, -0.2) is 0 Å². The first-order valence-electron chi connectivity index (χ1n) is 3.77. The van der Waals surface area contributed by atoms with Gasteiger partial charge in [-0.2, -0.15) is 0 Å². The van der Waals surface area contributed by atoms with Crippen LogP contribution < -0.4 is 11.3 Å². The van der Waals surface area contributed by atoms with E-state index < -0.39 is 0 Å². The predicted molar refractivity (Wildman–Crippen MR) is 53.5 cm³/mol. The van der Waals surface area contributed by atoms with Gasteiger partial charge in [0.25, 0.3) is 0 Å². The van der Waals surface area contributed by atoms with Crippen LogP contribution in [0.5, 0.6) is 0 Å². The van der Waals surface area contributed by atoms with Crippen molar-refractivity contribution in [1.29, 1.82) is 0 Å². The maximum absolute atomic E-state index is 11.0. The van der Waals surface area contributed by atoms with Gasteiger partial charge in [0, 0.05) is 5.56 Å². The molecule has 0 atom stereocenters. The number of aliphatic imine (C=N–C) groups is 1. The molecule has 0 aliphatic rings. The first kappa shape index (κ1) is 9.41. The number of hydrazine groups is 1. The lowest BCUT2D eigenvalue weighted by molar-refractivity contribution is 0.101. The molecule has 0 aliphatic carbocycles. The van der Waals surface area contributed by atoms with Gasteiger partial charge in [-0.1, -0.05) is 0 Å².